The molecule has 2 atom stereocenters. The fraction of sp³-hybridized carbons (Fsp3) is 0.471. The van der Waals surface area contributed by atoms with E-state index in [2.05, 4.69) is 37.2 Å². The van der Waals surface area contributed by atoms with Crippen LogP contribution in [0.4, 0.5) is 5.69 Å². The molecular weight excluding hydrogens is 406 g/mol. The number of pyridine rings is 1. The van der Waals surface area contributed by atoms with E-state index in [1.807, 2.05) is 6.20 Å². The lowest BCUT2D eigenvalue weighted by atomic mass is 10.1. The Hall–Kier alpha value is -1.97. The van der Waals surface area contributed by atoms with Crippen LogP contribution >= 0.6 is 15.9 Å². The zero-order chi connectivity index (χ0) is 19.1. The van der Waals surface area contributed by atoms with Gasteiger partial charge in [-0.25, -0.2) is 14.6 Å². The molecule has 9 heteroatoms. The largest absolute Gasteiger partial charge is 0.478 e. The Morgan fingerprint density at radius 3 is 2.65 bits per heavy atom. The van der Waals surface area contributed by atoms with Gasteiger partial charge in [0.25, 0.3) is 0 Å². The minimum Gasteiger partial charge on any atom is -0.478 e. The molecule has 2 fully saturated rings. The second kappa shape index (κ2) is 9.65. The molecule has 0 amide bonds. The number of carbonyl (C=O) groups is 2. The van der Waals surface area contributed by atoms with Crippen LogP contribution in [0.3, 0.4) is 0 Å². The molecule has 2 aliphatic heterocycles. The quantitative estimate of drug-likeness (QED) is 0.478. The Bertz CT molecular complexity index is 654. The highest BCUT2D eigenvalue weighted by atomic mass is 79.9. The number of halogens is 1. The number of methoxy groups -OCH3 is 1. The molecule has 0 unspecified atom stereocenters. The number of aliphatic carboxylic acids is 2. The van der Waals surface area contributed by atoms with Gasteiger partial charge in [-0.05, 0) is 40.9 Å². The van der Waals surface area contributed by atoms with Crippen molar-refractivity contribution in [1.82, 2.24) is 10.3 Å². The molecule has 8 nitrogen and oxygen atoms in total. The Morgan fingerprint density at radius 2 is 2.08 bits per heavy atom. The molecular formula is C17H22BrN3O5. The van der Waals surface area contributed by atoms with Gasteiger partial charge in [0, 0.05) is 44.0 Å². The molecule has 0 radical (unpaired) electrons. The van der Waals surface area contributed by atoms with Crippen molar-refractivity contribution < 1.29 is 24.5 Å². The molecule has 0 aliphatic carbocycles. The molecule has 0 saturated carbocycles. The number of carboxylic acids is 2. The molecule has 3 rings (SSSR count). The Balaban J connectivity index is 0.000000260. The Labute approximate surface area is 160 Å². The predicted molar refractivity (Wildman–Crippen MR) is 99.2 cm³/mol. The van der Waals surface area contributed by atoms with E-state index in [0.717, 1.165) is 29.2 Å². The third-order valence-corrected chi connectivity index (χ3v) is 5.01. The summed E-state index contributed by atoms with van der Waals surface area (Å²) in [6.45, 7) is 4.02. The number of hydrogen-bond acceptors (Lipinski definition) is 6. The summed E-state index contributed by atoms with van der Waals surface area (Å²) in [4.78, 5) is 25.9. The van der Waals surface area contributed by atoms with Gasteiger partial charge in [-0.15, -0.1) is 0 Å². The van der Waals surface area contributed by atoms with E-state index in [1.165, 1.54) is 18.7 Å². The predicted octanol–water partition coefficient (Wildman–Crippen LogP) is 1.50. The average Bonchev–Trinajstić information content (AvgIpc) is 3.17. The van der Waals surface area contributed by atoms with E-state index in [4.69, 9.17) is 14.9 Å². The summed E-state index contributed by atoms with van der Waals surface area (Å²) in [5.41, 5.74) is 2.32. The van der Waals surface area contributed by atoms with Crippen molar-refractivity contribution in [3.63, 3.8) is 0 Å². The van der Waals surface area contributed by atoms with Gasteiger partial charge >= 0.3 is 11.9 Å². The standard InChI is InChI=1S/C13H18BrN3O.C4H4O4/c1-18-8-10-4-11(5-16-13(10)14)17-6-9-2-3-15-12(9)7-17;5-3(6)1-2-4(7)8/h4-5,9,12,15H,2-3,6-8H2,1H3;1-2H,(H,5,6)(H,7,8)/b;2-1+/t9-,12+;/m1./s1. The van der Waals surface area contributed by atoms with Crippen LogP contribution in [0.1, 0.15) is 12.0 Å². The van der Waals surface area contributed by atoms with Crippen molar-refractivity contribution in [3.05, 3.63) is 34.6 Å². The molecule has 0 spiro atoms. The van der Waals surface area contributed by atoms with Gasteiger partial charge in [-0.1, -0.05) is 0 Å². The summed E-state index contributed by atoms with van der Waals surface area (Å²) in [6.07, 6.45) is 4.37. The Kier molecular flexibility index (Phi) is 7.55. The number of hydrogen-bond donors (Lipinski definition) is 3. The average molecular weight is 428 g/mol. The molecule has 142 valence electrons. The zero-order valence-corrected chi connectivity index (χ0v) is 16.0. The van der Waals surface area contributed by atoms with Crippen molar-refractivity contribution in [1.29, 1.82) is 0 Å². The number of nitrogens with one attached hydrogen (secondary N) is 1. The molecule has 3 N–H and O–H groups in total. The van der Waals surface area contributed by atoms with E-state index >= 15 is 0 Å². The molecule has 3 heterocycles. The highest BCUT2D eigenvalue weighted by Gasteiger charge is 2.36. The lowest BCUT2D eigenvalue weighted by Crippen LogP contribution is -2.30. The number of fused-ring (bicyclic) bond motifs is 1. The molecule has 2 saturated heterocycles. The van der Waals surface area contributed by atoms with Crippen molar-refractivity contribution in [2.75, 3.05) is 31.6 Å². The maximum atomic E-state index is 9.55. The fourth-order valence-corrected chi connectivity index (χ4v) is 3.44. The number of rotatable bonds is 5. The van der Waals surface area contributed by atoms with Crippen molar-refractivity contribution in [3.8, 4) is 0 Å². The molecule has 2 aliphatic rings. The molecule has 0 bridgehead atoms. The maximum absolute atomic E-state index is 9.55. The summed E-state index contributed by atoms with van der Waals surface area (Å²) >= 11 is 3.47. The molecule has 1 aromatic rings. The van der Waals surface area contributed by atoms with Gasteiger partial charge in [-0.2, -0.15) is 0 Å². The number of aromatic nitrogens is 1. The van der Waals surface area contributed by atoms with Crippen LogP contribution in [0.5, 0.6) is 0 Å². The summed E-state index contributed by atoms with van der Waals surface area (Å²) < 4.78 is 6.08. The van der Waals surface area contributed by atoms with Gasteiger partial charge in [0.05, 0.1) is 18.5 Å². The van der Waals surface area contributed by atoms with Gasteiger partial charge in [-0.3, -0.25) is 0 Å². The first-order valence-electron chi connectivity index (χ1n) is 8.16. The van der Waals surface area contributed by atoms with Crippen molar-refractivity contribution in [2.24, 2.45) is 5.92 Å². The van der Waals surface area contributed by atoms with Crippen LogP contribution in [0.2, 0.25) is 0 Å². The third kappa shape index (κ3) is 5.79. The van der Waals surface area contributed by atoms with E-state index in [-0.39, 0.29) is 0 Å². The number of anilines is 1. The van der Waals surface area contributed by atoms with E-state index in [1.54, 1.807) is 7.11 Å². The van der Waals surface area contributed by atoms with Crippen LogP contribution in [0.25, 0.3) is 0 Å². The van der Waals surface area contributed by atoms with Crippen LogP contribution in [-0.2, 0) is 20.9 Å². The Morgan fingerprint density at radius 1 is 1.38 bits per heavy atom. The van der Waals surface area contributed by atoms with Crippen LogP contribution in [-0.4, -0.2) is 59.9 Å². The molecule has 0 aromatic carbocycles. The van der Waals surface area contributed by atoms with E-state index in [9.17, 15) is 9.59 Å². The first-order valence-corrected chi connectivity index (χ1v) is 8.95. The lowest BCUT2D eigenvalue weighted by molar-refractivity contribution is -0.134. The third-order valence-electron chi connectivity index (χ3n) is 4.29. The highest BCUT2D eigenvalue weighted by Crippen LogP contribution is 2.30. The normalized spacial score (nSPS) is 21.4. The minimum atomic E-state index is -1.26. The number of carboxylic acid groups (broad SMARTS) is 2. The fourth-order valence-electron chi connectivity index (χ4n) is 3.11. The molecule has 26 heavy (non-hydrogen) atoms. The van der Waals surface area contributed by atoms with E-state index in [0.29, 0.717) is 24.8 Å². The number of ether oxygens (including phenoxy) is 1. The zero-order valence-electron chi connectivity index (χ0n) is 14.4. The summed E-state index contributed by atoms with van der Waals surface area (Å²) in [6, 6.07) is 2.85. The maximum Gasteiger partial charge on any atom is 0.328 e. The van der Waals surface area contributed by atoms with Gasteiger partial charge in [0.15, 0.2) is 0 Å². The second-order valence-electron chi connectivity index (χ2n) is 6.10. The van der Waals surface area contributed by atoms with Crippen LogP contribution in [0, 0.1) is 5.92 Å². The minimum absolute atomic E-state index is 0.558. The lowest BCUT2D eigenvalue weighted by Gasteiger charge is -2.20. The van der Waals surface area contributed by atoms with Crippen LogP contribution < -0.4 is 10.2 Å². The smallest absolute Gasteiger partial charge is 0.328 e. The first kappa shape index (κ1) is 20.3. The van der Waals surface area contributed by atoms with Crippen molar-refractivity contribution >= 4 is 33.6 Å². The van der Waals surface area contributed by atoms with Crippen molar-refractivity contribution in [2.45, 2.75) is 19.1 Å². The number of nitrogens with zero attached hydrogens (tertiary/aromatic N) is 2. The summed E-state index contributed by atoms with van der Waals surface area (Å²) in [5.74, 6) is -1.71. The summed E-state index contributed by atoms with van der Waals surface area (Å²) in [5, 5.41) is 19.2. The van der Waals surface area contributed by atoms with Crippen LogP contribution in [0.15, 0.2) is 29.0 Å². The summed E-state index contributed by atoms with van der Waals surface area (Å²) in [7, 11) is 1.71. The van der Waals surface area contributed by atoms with Gasteiger partial charge < -0.3 is 25.2 Å². The monoisotopic (exact) mass is 427 g/mol. The van der Waals surface area contributed by atoms with E-state index < -0.39 is 11.9 Å². The van der Waals surface area contributed by atoms with Gasteiger partial charge in [0.2, 0.25) is 0 Å². The molecule has 1 aromatic heterocycles. The SMILES string of the molecule is COCc1cc(N2C[C@H]3CCN[C@H]3C2)cnc1Br.O=C(O)/C=C/C(=O)O. The van der Waals surface area contributed by atoms with Gasteiger partial charge in [0.1, 0.15) is 4.60 Å². The first-order chi connectivity index (χ1) is 12.4. The second-order valence-corrected chi connectivity index (χ2v) is 6.85. The topological polar surface area (TPSA) is 112 Å². The highest BCUT2D eigenvalue weighted by molar-refractivity contribution is 9.10.